The zero-order chi connectivity index (χ0) is 10.9. The van der Waals surface area contributed by atoms with E-state index in [1.807, 2.05) is 20.8 Å². The Bertz CT molecular complexity index is 223. The summed E-state index contributed by atoms with van der Waals surface area (Å²) in [5, 5.41) is 9.51. The van der Waals surface area contributed by atoms with Crippen molar-refractivity contribution < 1.29 is 19.4 Å². The molecule has 0 bridgehead atoms. The highest BCUT2D eigenvalue weighted by Gasteiger charge is 2.45. The Morgan fingerprint density at radius 1 is 1.57 bits per heavy atom. The average molecular weight is 203 g/mol. The second kappa shape index (κ2) is 3.74. The van der Waals surface area contributed by atoms with Gasteiger partial charge >= 0.3 is 6.09 Å². The Hall–Kier alpha value is -0.810. The Morgan fingerprint density at radius 3 is 2.57 bits per heavy atom. The molecule has 0 radical (unpaired) electrons. The van der Waals surface area contributed by atoms with Gasteiger partial charge in [0.15, 0.2) is 6.10 Å². The maximum Gasteiger partial charge on any atom is 0.404 e. The first kappa shape index (κ1) is 11.3. The molecule has 3 atom stereocenters. The first-order valence-corrected chi connectivity index (χ1v) is 4.58. The van der Waals surface area contributed by atoms with Crippen LogP contribution >= 0.6 is 0 Å². The Kier molecular flexibility index (Phi) is 3.01. The van der Waals surface area contributed by atoms with Gasteiger partial charge in [0.2, 0.25) is 0 Å². The van der Waals surface area contributed by atoms with E-state index in [1.54, 1.807) is 0 Å². The fourth-order valence-electron chi connectivity index (χ4n) is 1.61. The number of rotatable bonds is 1. The lowest BCUT2D eigenvalue weighted by atomic mass is 9.85. The van der Waals surface area contributed by atoms with Crippen LogP contribution in [0.1, 0.15) is 20.8 Å². The summed E-state index contributed by atoms with van der Waals surface area (Å²) in [4.78, 5) is 10.6. The number of aliphatic hydroxyl groups is 1. The number of aliphatic hydroxyl groups excluding tert-OH is 1. The summed E-state index contributed by atoms with van der Waals surface area (Å²) < 4.78 is 10.2. The minimum absolute atomic E-state index is 0.180. The predicted octanol–water partition coefficient (Wildman–Crippen LogP) is 0.256. The Balaban J connectivity index is 2.72. The molecule has 0 aromatic heterocycles. The van der Waals surface area contributed by atoms with Gasteiger partial charge in [0.1, 0.15) is 12.2 Å². The standard InChI is InChI=1S/C9H17NO4/c1-9(2,3)7-6(14-8(10)12)5(11)4-13-7/h5-7,11H,4H2,1-3H3,(H2,10,12). The van der Waals surface area contributed by atoms with Crippen molar-refractivity contribution in [2.75, 3.05) is 6.61 Å². The Labute approximate surface area is 83.2 Å². The molecule has 1 aliphatic heterocycles. The Morgan fingerprint density at radius 2 is 2.14 bits per heavy atom. The van der Waals surface area contributed by atoms with E-state index in [9.17, 15) is 9.90 Å². The molecular weight excluding hydrogens is 186 g/mol. The molecule has 5 heteroatoms. The van der Waals surface area contributed by atoms with Gasteiger partial charge in [-0.05, 0) is 5.41 Å². The largest absolute Gasteiger partial charge is 0.441 e. The molecule has 3 unspecified atom stereocenters. The van der Waals surface area contributed by atoms with Crippen LogP contribution < -0.4 is 5.73 Å². The first-order chi connectivity index (χ1) is 6.32. The third-order valence-corrected chi connectivity index (χ3v) is 2.23. The molecule has 5 nitrogen and oxygen atoms in total. The van der Waals surface area contributed by atoms with Crippen LogP contribution in [0.15, 0.2) is 0 Å². The zero-order valence-electron chi connectivity index (χ0n) is 8.69. The smallest absolute Gasteiger partial charge is 0.404 e. The van der Waals surface area contributed by atoms with Crippen molar-refractivity contribution in [3.63, 3.8) is 0 Å². The average Bonchev–Trinajstić information content (AvgIpc) is 2.30. The van der Waals surface area contributed by atoms with Gasteiger partial charge in [-0.1, -0.05) is 20.8 Å². The minimum Gasteiger partial charge on any atom is -0.441 e. The number of ether oxygens (including phenoxy) is 2. The monoisotopic (exact) mass is 203 g/mol. The van der Waals surface area contributed by atoms with Crippen LogP contribution in [0.4, 0.5) is 4.79 Å². The summed E-state index contributed by atoms with van der Waals surface area (Å²) >= 11 is 0. The lowest BCUT2D eigenvalue weighted by Crippen LogP contribution is -2.43. The molecule has 1 aliphatic rings. The molecule has 0 saturated carbocycles. The van der Waals surface area contributed by atoms with Crippen LogP contribution in [0.5, 0.6) is 0 Å². The van der Waals surface area contributed by atoms with Crippen molar-refractivity contribution in [1.29, 1.82) is 0 Å². The normalized spacial score (nSPS) is 33.0. The van der Waals surface area contributed by atoms with Gasteiger partial charge in [-0.3, -0.25) is 0 Å². The molecule has 1 rings (SSSR count). The van der Waals surface area contributed by atoms with Gasteiger partial charge in [-0.2, -0.15) is 0 Å². The summed E-state index contributed by atoms with van der Waals surface area (Å²) in [7, 11) is 0. The van der Waals surface area contributed by atoms with Gasteiger partial charge in [0, 0.05) is 0 Å². The van der Waals surface area contributed by atoms with Gasteiger partial charge < -0.3 is 20.3 Å². The van der Waals surface area contributed by atoms with E-state index in [4.69, 9.17) is 15.2 Å². The van der Waals surface area contributed by atoms with Crippen molar-refractivity contribution in [1.82, 2.24) is 0 Å². The van der Waals surface area contributed by atoms with Crippen molar-refractivity contribution in [2.24, 2.45) is 11.1 Å². The van der Waals surface area contributed by atoms with Crippen LogP contribution in [0.3, 0.4) is 0 Å². The van der Waals surface area contributed by atoms with Crippen LogP contribution in [0, 0.1) is 5.41 Å². The van der Waals surface area contributed by atoms with Crippen LogP contribution in [-0.4, -0.2) is 36.1 Å². The minimum atomic E-state index is -0.881. The molecule has 0 aromatic carbocycles. The van der Waals surface area contributed by atoms with Crippen molar-refractivity contribution in [3.05, 3.63) is 0 Å². The molecule has 0 aromatic rings. The molecule has 0 spiro atoms. The molecule has 1 saturated heterocycles. The highest BCUT2D eigenvalue weighted by atomic mass is 16.6. The number of hydrogen-bond donors (Lipinski definition) is 2. The van der Waals surface area contributed by atoms with E-state index >= 15 is 0 Å². The van der Waals surface area contributed by atoms with E-state index in [-0.39, 0.29) is 18.1 Å². The first-order valence-electron chi connectivity index (χ1n) is 4.58. The van der Waals surface area contributed by atoms with Gasteiger partial charge in [0.05, 0.1) is 6.61 Å². The number of carbonyl (C=O) groups excluding carboxylic acids is 1. The lowest BCUT2D eigenvalue weighted by molar-refractivity contribution is -0.0398. The van der Waals surface area contributed by atoms with Crippen molar-refractivity contribution in [3.8, 4) is 0 Å². The molecule has 82 valence electrons. The summed E-state index contributed by atoms with van der Waals surface area (Å²) in [6.45, 7) is 6.03. The number of primary amides is 1. The van der Waals surface area contributed by atoms with Gasteiger partial charge in [0.25, 0.3) is 0 Å². The van der Waals surface area contributed by atoms with E-state index < -0.39 is 18.3 Å². The van der Waals surface area contributed by atoms with E-state index in [0.717, 1.165) is 0 Å². The fourth-order valence-corrected chi connectivity index (χ4v) is 1.61. The molecule has 0 aliphatic carbocycles. The SMILES string of the molecule is CC(C)(C)C1OCC(O)C1OC(N)=O. The second-order valence-electron chi connectivity index (χ2n) is 4.59. The van der Waals surface area contributed by atoms with E-state index in [0.29, 0.717) is 0 Å². The summed E-state index contributed by atoms with van der Waals surface area (Å²) in [6.07, 6.45) is -2.64. The van der Waals surface area contributed by atoms with E-state index in [2.05, 4.69) is 0 Å². The highest BCUT2D eigenvalue weighted by Crippen LogP contribution is 2.32. The quantitative estimate of drug-likeness (QED) is 0.640. The van der Waals surface area contributed by atoms with Crippen LogP contribution in [0.25, 0.3) is 0 Å². The molecule has 1 fully saturated rings. The molecular formula is C9H17NO4. The summed E-state index contributed by atoms with van der Waals surface area (Å²) in [5.74, 6) is 0. The molecule has 1 heterocycles. The number of nitrogens with two attached hydrogens (primary N) is 1. The van der Waals surface area contributed by atoms with Crippen LogP contribution in [0.2, 0.25) is 0 Å². The molecule has 14 heavy (non-hydrogen) atoms. The third-order valence-electron chi connectivity index (χ3n) is 2.23. The highest BCUT2D eigenvalue weighted by molar-refractivity contribution is 5.65. The fraction of sp³-hybridized carbons (Fsp3) is 0.889. The van der Waals surface area contributed by atoms with E-state index in [1.165, 1.54) is 0 Å². The maximum atomic E-state index is 10.6. The maximum absolute atomic E-state index is 10.6. The number of hydrogen-bond acceptors (Lipinski definition) is 4. The third kappa shape index (κ3) is 2.36. The molecule has 3 N–H and O–H groups in total. The topological polar surface area (TPSA) is 81.8 Å². The number of carbonyl (C=O) groups is 1. The molecule has 1 amide bonds. The van der Waals surface area contributed by atoms with Gasteiger partial charge in [-0.15, -0.1) is 0 Å². The predicted molar refractivity (Wildman–Crippen MR) is 49.7 cm³/mol. The zero-order valence-corrected chi connectivity index (χ0v) is 8.69. The van der Waals surface area contributed by atoms with Crippen molar-refractivity contribution >= 4 is 6.09 Å². The summed E-state index contributed by atoms with van der Waals surface area (Å²) in [6, 6.07) is 0. The lowest BCUT2D eigenvalue weighted by Gasteiger charge is -2.30. The van der Waals surface area contributed by atoms with Crippen LogP contribution in [-0.2, 0) is 9.47 Å². The van der Waals surface area contributed by atoms with Crippen molar-refractivity contribution in [2.45, 2.75) is 39.1 Å². The second-order valence-corrected chi connectivity index (χ2v) is 4.59. The van der Waals surface area contributed by atoms with Gasteiger partial charge in [-0.25, -0.2) is 4.79 Å². The summed E-state index contributed by atoms with van der Waals surface area (Å²) in [5.41, 5.74) is 4.72. The number of amides is 1.